The molecule has 0 saturated heterocycles. The number of aromatic nitrogens is 3. The van der Waals surface area contributed by atoms with E-state index in [1.165, 1.54) is 0 Å². The topological polar surface area (TPSA) is 30.7 Å². The van der Waals surface area contributed by atoms with Crippen LogP contribution in [0.5, 0.6) is 0 Å². The Kier molecular flexibility index (Phi) is 2.73. The summed E-state index contributed by atoms with van der Waals surface area (Å²) in [6.45, 7) is 0. The summed E-state index contributed by atoms with van der Waals surface area (Å²) in [5.41, 5.74) is 0.874. The van der Waals surface area contributed by atoms with Gasteiger partial charge in [-0.15, -0.1) is 0 Å². The Hall–Kier alpha value is -0.620. The van der Waals surface area contributed by atoms with Gasteiger partial charge in [0.15, 0.2) is 5.82 Å². The lowest BCUT2D eigenvalue weighted by Crippen LogP contribution is -1.89. The van der Waals surface area contributed by atoms with E-state index >= 15 is 0 Å². The summed E-state index contributed by atoms with van der Waals surface area (Å²) in [4.78, 5) is 4.15. The van der Waals surface area contributed by atoms with Gasteiger partial charge in [0.1, 0.15) is 6.33 Å². The maximum absolute atomic E-state index is 6.05. The maximum atomic E-state index is 6.05. The Morgan fingerprint density at radius 1 is 1.43 bits per heavy atom. The number of halogens is 2. The van der Waals surface area contributed by atoms with E-state index in [4.69, 9.17) is 11.6 Å². The van der Waals surface area contributed by atoms with Gasteiger partial charge >= 0.3 is 0 Å². The molecule has 72 valence electrons. The third kappa shape index (κ3) is 1.90. The van der Waals surface area contributed by atoms with Crippen molar-refractivity contribution in [1.82, 2.24) is 14.8 Å². The number of hydrogen-bond acceptors (Lipinski definition) is 2. The molecule has 1 aromatic carbocycles. The molecule has 0 N–H and O–H groups in total. The Bertz CT molecular complexity index is 467. The van der Waals surface area contributed by atoms with Gasteiger partial charge in [0, 0.05) is 16.2 Å². The first-order valence-corrected chi connectivity index (χ1v) is 5.43. The number of nitrogens with zero attached hydrogens (tertiary/aromatic N) is 3. The first kappa shape index (κ1) is 9.92. The van der Waals surface area contributed by atoms with E-state index in [1.807, 2.05) is 25.2 Å². The summed E-state index contributed by atoms with van der Waals surface area (Å²) >= 11 is 8.28. The quantitative estimate of drug-likeness (QED) is 0.757. The molecule has 0 aliphatic heterocycles. The summed E-state index contributed by atoms with van der Waals surface area (Å²) in [7, 11) is 1.83. The highest BCUT2D eigenvalue weighted by Crippen LogP contribution is 2.26. The fraction of sp³-hybridized carbons (Fsp3) is 0.111. The van der Waals surface area contributed by atoms with Crippen molar-refractivity contribution in [3.8, 4) is 11.4 Å². The van der Waals surface area contributed by atoms with Crippen LogP contribution >= 0.6 is 34.2 Å². The minimum atomic E-state index is 0.663. The fourth-order valence-corrected chi connectivity index (χ4v) is 1.82. The maximum Gasteiger partial charge on any atom is 0.182 e. The Balaban J connectivity index is 2.55. The van der Waals surface area contributed by atoms with Crippen LogP contribution in [0.25, 0.3) is 11.4 Å². The van der Waals surface area contributed by atoms with Gasteiger partial charge in [-0.05, 0) is 40.8 Å². The number of aryl methyl sites for hydroxylation is 1. The molecule has 0 amide bonds. The van der Waals surface area contributed by atoms with Crippen LogP contribution in [0.4, 0.5) is 0 Å². The van der Waals surface area contributed by atoms with Crippen LogP contribution in [-0.2, 0) is 7.05 Å². The number of benzene rings is 1. The van der Waals surface area contributed by atoms with Crippen LogP contribution in [0.2, 0.25) is 5.02 Å². The van der Waals surface area contributed by atoms with Crippen molar-refractivity contribution in [3.05, 3.63) is 33.1 Å². The fourth-order valence-electron chi connectivity index (χ4n) is 1.13. The van der Waals surface area contributed by atoms with Gasteiger partial charge in [0.25, 0.3) is 0 Å². The molecule has 0 saturated carbocycles. The van der Waals surface area contributed by atoms with Gasteiger partial charge in [-0.25, -0.2) is 4.98 Å². The summed E-state index contributed by atoms with van der Waals surface area (Å²) in [6.07, 6.45) is 1.66. The van der Waals surface area contributed by atoms with Gasteiger partial charge in [-0.3, -0.25) is 4.68 Å². The molecule has 14 heavy (non-hydrogen) atoms. The standard InChI is InChI=1S/C9H7ClIN3/c1-14-5-12-9(13-14)7-4-6(11)2-3-8(7)10/h2-5H,1H3. The SMILES string of the molecule is Cn1cnc(-c2cc(I)ccc2Cl)n1. The minimum Gasteiger partial charge on any atom is -0.255 e. The van der Waals surface area contributed by atoms with Crippen LogP contribution < -0.4 is 0 Å². The molecule has 0 radical (unpaired) electrons. The smallest absolute Gasteiger partial charge is 0.182 e. The molecule has 0 atom stereocenters. The van der Waals surface area contributed by atoms with E-state index in [-0.39, 0.29) is 0 Å². The van der Waals surface area contributed by atoms with Gasteiger partial charge in [-0.2, -0.15) is 5.10 Å². The molecule has 5 heteroatoms. The Morgan fingerprint density at radius 2 is 2.21 bits per heavy atom. The molecular weight excluding hydrogens is 312 g/mol. The second kappa shape index (κ2) is 3.86. The molecule has 0 spiro atoms. The molecule has 1 aromatic heterocycles. The predicted molar refractivity (Wildman–Crippen MR) is 64.2 cm³/mol. The third-order valence-corrected chi connectivity index (χ3v) is 2.77. The zero-order chi connectivity index (χ0) is 10.1. The van der Waals surface area contributed by atoms with E-state index in [9.17, 15) is 0 Å². The average molecular weight is 320 g/mol. The minimum absolute atomic E-state index is 0.663. The van der Waals surface area contributed by atoms with Gasteiger partial charge in [0.2, 0.25) is 0 Å². The number of rotatable bonds is 1. The summed E-state index contributed by atoms with van der Waals surface area (Å²) in [5.74, 6) is 0.663. The molecule has 0 aliphatic rings. The lowest BCUT2D eigenvalue weighted by atomic mass is 10.2. The van der Waals surface area contributed by atoms with E-state index < -0.39 is 0 Å². The highest BCUT2D eigenvalue weighted by atomic mass is 127. The molecule has 0 unspecified atom stereocenters. The molecule has 2 aromatic rings. The lowest BCUT2D eigenvalue weighted by Gasteiger charge is -1.99. The van der Waals surface area contributed by atoms with Crippen LogP contribution in [0.1, 0.15) is 0 Å². The van der Waals surface area contributed by atoms with Gasteiger partial charge in [0.05, 0.1) is 5.02 Å². The molecule has 0 fully saturated rings. The lowest BCUT2D eigenvalue weighted by molar-refractivity contribution is 0.768. The van der Waals surface area contributed by atoms with Crippen molar-refractivity contribution in [1.29, 1.82) is 0 Å². The van der Waals surface area contributed by atoms with Crippen LogP contribution in [0.15, 0.2) is 24.5 Å². The van der Waals surface area contributed by atoms with E-state index in [0.29, 0.717) is 10.8 Å². The molecule has 0 bridgehead atoms. The van der Waals surface area contributed by atoms with Crippen molar-refractivity contribution in [3.63, 3.8) is 0 Å². The Morgan fingerprint density at radius 3 is 2.86 bits per heavy atom. The highest BCUT2D eigenvalue weighted by Gasteiger charge is 2.07. The first-order chi connectivity index (χ1) is 6.66. The Labute approximate surface area is 100 Å². The van der Waals surface area contributed by atoms with Gasteiger partial charge < -0.3 is 0 Å². The van der Waals surface area contributed by atoms with E-state index in [0.717, 1.165) is 9.13 Å². The largest absolute Gasteiger partial charge is 0.255 e. The first-order valence-electron chi connectivity index (χ1n) is 3.98. The summed E-state index contributed by atoms with van der Waals surface area (Å²) < 4.78 is 2.78. The monoisotopic (exact) mass is 319 g/mol. The van der Waals surface area contributed by atoms with Crippen molar-refractivity contribution in [2.24, 2.45) is 7.05 Å². The molecule has 3 nitrogen and oxygen atoms in total. The highest BCUT2D eigenvalue weighted by molar-refractivity contribution is 14.1. The zero-order valence-electron chi connectivity index (χ0n) is 7.41. The molecule has 2 rings (SSSR count). The summed E-state index contributed by atoms with van der Waals surface area (Å²) in [5, 5.41) is 4.88. The van der Waals surface area contributed by atoms with Crippen molar-refractivity contribution in [2.75, 3.05) is 0 Å². The molecule has 1 heterocycles. The zero-order valence-corrected chi connectivity index (χ0v) is 10.3. The van der Waals surface area contributed by atoms with Crippen molar-refractivity contribution >= 4 is 34.2 Å². The third-order valence-electron chi connectivity index (χ3n) is 1.77. The van der Waals surface area contributed by atoms with Crippen LogP contribution in [0.3, 0.4) is 0 Å². The van der Waals surface area contributed by atoms with E-state index in [2.05, 4.69) is 32.7 Å². The van der Waals surface area contributed by atoms with Crippen LogP contribution in [-0.4, -0.2) is 14.8 Å². The summed E-state index contributed by atoms with van der Waals surface area (Å²) in [6, 6.07) is 5.78. The second-order valence-electron chi connectivity index (χ2n) is 2.87. The van der Waals surface area contributed by atoms with Crippen LogP contribution in [0, 0.1) is 3.57 Å². The predicted octanol–water partition coefficient (Wildman–Crippen LogP) is 2.74. The molecule has 0 aliphatic carbocycles. The number of hydrogen-bond donors (Lipinski definition) is 0. The normalized spacial score (nSPS) is 10.5. The average Bonchev–Trinajstić information content (AvgIpc) is 2.56. The van der Waals surface area contributed by atoms with E-state index in [1.54, 1.807) is 11.0 Å². The van der Waals surface area contributed by atoms with Gasteiger partial charge in [-0.1, -0.05) is 11.6 Å². The van der Waals surface area contributed by atoms with Crippen molar-refractivity contribution < 1.29 is 0 Å². The molecular formula is C9H7ClIN3. The van der Waals surface area contributed by atoms with Crippen molar-refractivity contribution in [2.45, 2.75) is 0 Å². The second-order valence-corrected chi connectivity index (χ2v) is 4.52.